The molecule has 126 valence electrons. The molecular weight excluding hydrogens is 388 g/mol. The van der Waals surface area contributed by atoms with Crippen LogP contribution in [0.2, 0.25) is 0 Å². The van der Waals surface area contributed by atoms with Gasteiger partial charge in [-0.05, 0) is 23.6 Å². The Kier molecular flexibility index (Phi) is 3.97. The SMILES string of the molecule is O=C(OCc1cc2c(cc1Br)OCO2)c1ccc2ccccc2c1O. The fourth-order valence-corrected chi connectivity index (χ4v) is 3.15. The lowest BCUT2D eigenvalue weighted by Crippen LogP contribution is -2.06. The van der Waals surface area contributed by atoms with Gasteiger partial charge in [-0.1, -0.05) is 46.3 Å². The van der Waals surface area contributed by atoms with E-state index in [0.29, 0.717) is 16.9 Å². The van der Waals surface area contributed by atoms with Crippen LogP contribution in [0.25, 0.3) is 10.8 Å². The van der Waals surface area contributed by atoms with Crippen molar-refractivity contribution >= 4 is 32.7 Å². The number of hydrogen-bond donors (Lipinski definition) is 1. The maximum absolute atomic E-state index is 12.4. The zero-order chi connectivity index (χ0) is 17.4. The van der Waals surface area contributed by atoms with Gasteiger partial charge in [0, 0.05) is 15.4 Å². The molecule has 0 fully saturated rings. The van der Waals surface area contributed by atoms with Crippen LogP contribution in [0.5, 0.6) is 17.2 Å². The van der Waals surface area contributed by atoms with Gasteiger partial charge >= 0.3 is 5.97 Å². The number of hydrogen-bond acceptors (Lipinski definition) is 5. The molecule has 3 aromatic carbocycles. The summed E-state index contributed by atoms with van der Waals surface area (Å²) in [6, 6.07) is 14.2. The number of halogens is 1. The predicted molar refractivity (Wildman–Crippen MR) is 95.0 cm³/mol. The molecule has 0 atom stereocenters. The summed E-state index contributed by atoms with van der Waals surface area (Å²) in [6.45, 7) is 0.221. The molecule has 0 aromatic heterocycles. The molecule has 0 saturated carbocycles. The third-order valence-corrected chi connectivity index (χ3v) is 4.76. The molecule has 0 amide bonds. The highest BCUT2D eigenvalue weighted by Gasteiger charge is 2.19. The number of carbonyl (C=O) groups excluding carboxylic acids is 1. The fourth-order valence-electron chi connectivity index (χ4n) is 2.71. The van der Waals surface area contributed by atoms with Crippen LogP contribution in [0, 0.1) is 0 Å². The quantitative estimate of drug-likeness (QED) is 0.660. The molecule has 1 heterocycles. The number of carbonyl (C=O) groups is 1. The van der Waals surface area contributed by atoms with E-state index in [9.17, 15) is 9.90 Å². The molecule has 0 radical (unpaired) electrons. The Balaban J connectivity index is 1.56. The van der Waals surface area contributed by atoms with E-state index < -0.39 is 5.97 Å². The first-order chi connectivity index (χ1) is 12.1. The van der Waals surface area contributed by atoms with Gasteiger partial charge in [-0.15, -0.1) is 0 Å². The summed E-state index contributed by atoms with van der Waals surface area (Å²) in [7, 11) is 0. The van der Waals surface area contributed by atoms with Gasteiger partial charge in [0.1, 0.15) is 17.9 Å². The molecule has 0 aliphatic carbocycles. The van der Waals surface area contributed by atoms with Gasteiger partial charge in [-0.2, -0.15) is 0 Å². The lowest BCUT2D eigenvalue weighted by Gasteiger charge is -2.10. The lowest BCUT2D eigenvalue weighted by molar-refractivity contribution is 0.0468. The minimum atomic E-state index is -0.590. The van der Waals surface area contributed by atoms with Crippen molar-refractivity contribution in [3.8, 4) is 17.2 Å². The lowest BCUT2D eigenvalue weighted by atomic mass is 10.1. The third-order valence-electron chi connectivity index (χ3n) is 4.02. The Morgan fingerprint density at radius 3 is 2.72 bits per heavy atom. The van der Waals surface area contributed by atoms with Crippen LogP contribution in [0.1, 0.15) is 15.9 Å². The van der Waals surface area contributed by atoms with Crippen molar-refractivity contribution in [2.45, 2.75) is 6.61 Å². The number of rotatable bonds is 3. The molecule has 0 bridgehead atoms. The molecule has 0 spiro atoms. The second-order valence-electron chi connectivity index (χ2n) is 5.56. The van der Waals surface area contributed by atoms with Gasteiger partial charge in [0.15, 0.2) is 11.5 Å². The molecule has 25 heavy (non-hydrogen) atoms. The number of aromatic hydroxyl groups is 1. The Hall–Kier alpha value is -2.73. The molecule has 5 nitrogen and oxygen atoms in total. The van der Waals surface area contributed by atoms with Crippen LogP contribution < -0.4 is 9.47 Å². The maximum Gasteiger partial charge on any atom is 0.342 e. The minimum absolute atomic E-state index is 0.0440. The zero-order valence-electron chi connectivity index (χ0n) is 13.0. The standard InChI is InChI=1S/C19H13BrO5/c20-15-8-17-16(24-10-25-17)7-12(15)9-23-19(22)14-6-5-11-3-1-2-4-13(11)18(14)21/h1-8,21H,9-10H2. The van der Waals surface area contributed by atoms with E-state index in [2.05, 4.69) is 15.9 Å². The Labute approximate surface area is 151 Å². The highest BCUT2D eigenvalue weighted by molar-refractivity contribution is 9.10. The van der Waals surface area contributed by atoms with E-state index in [0.717, 1.165) is 15.4 Å². The first-order valence-corrected chi connectivity index (χ1v) is 8.38. The van der Waals surface area contributed by atoms with Crippen molar-refractivity contribution in [2.24, 2.45) is 0 Å². The molecular formula is C19H13BrO5. The second kappa shape index (κ2) is 6.29. The number of esters is 1. The molecule has 3 aromatic rings. The molecule has 1 aliphatic rings. The number of phenolic OH excluding ortho intramolecular Hbond substituents is 1. The summed E-state index contributed by atoms with van der Waals surface area (Å²) in [6.07, 6.45) is 0. The summed E-state index contributed by atoms with van der Waals surface area (Å²) in [5, 5.41) is 11.8. The Bertz CT molecular complexity index is 983. The fraction of sp³-hybridized carbons (Fsp3) is 0.105. The van der Waals surface area contributed by atoms with Crippen molar-refractivity contribution < 1.29 is 24.1 Å². The smallest absolute Gasteiger partial charge is 0.342 e. The van der Waals surface area contributed by atoms with Crippen LogP contribution in [0.3, 0.4) is 0 Å². The highest BCUT2D eigenvalue weighted by Crippen LogP contribution is 2.37. The maximum atomic E-state index is 12.4. The number of ether oxygens (including phenoxy) is 3. The normalized spacial score (nSPS) is 12.4. The van der Waals surface area contributed by atoms with E-state index in [1.165, 1.54) is 0 Å². The van der Waals surface area contributed by atoms with E-state index >= 15 is 0 Å². The van der Waals surface area contributed by atoms with Crippen LogP contribution in [0.4, 0.5) is 0 Å². The molecule has 4 rings (SSSR count). The van der Waals surface area contributed by atoms with Crippen molar-refractivity contribution in [3.63, 3.8) is 0 Å². The second-order valence-corrected chi connectivity index (χ2v) is 6.41. The van der Waals surface area contributed by atoms with Crippen molar-refractivity contribution in [3.05, 3.63) is 64.1 Å². The zero-order valence-corrected chi connectivity index (χ0v) is 14.6. The summed E-state index contributed by atoms with van der Waals surface area (Å²) < 4.78 is 16.7. The van der Waals surface area contributed by atoms with Crippen molar-refractivity contribution in [1.82, 2.24) is 0 Å². The molecule has 6 heteroatoms. The number of benzene rings is 3. The van der Waals surface area contributed by atoms with Crippen LogP contribution in [0.15, 0.2) is 53.0 Å². The van der Waals surface area contributed by atoms with E-state index in [1.807, 2.05) is 12.1 Å². The summed E-state index contributed by atoms with van der Waals surface area (Å²) in [5.74, 6) is 0.595. The topological polar surface area (TPSA) is 65.0 Å². The first kappa shape index (κ1) is 15.8. The first-order valence-electron chi connectivity index (χ1n) is 7.59. The largest absolute Gasteiger partial charge is 0.506 e. The number of phenols is 1. The molecule has 0 saturated heterocycles. The summed E-state index contributed by atoms with van der Waals surface area (Å²) in [5.41, 5.74) is 0.883. The average Bonchev–Trinajstić information content (AvgIpc) is 3.07. The average molecular weight is 401 g/mol. The van der Waals surface area contributed by atoms with Gasteiger partial charge in [-0.3, -0.25) is 0 Å². The van der Waals surface area contributed by atoms with Crippen LogP contribution >= 0.6 is 15.9 Å². The summed E-state index contributed by atoms with van der Waals surface area (Å²) >= 11 is 3.43. The van der Waals surface area contributed by atoms with Crippen molar-refractivity contribution in [1.29, 1.82) is 0 Å². The summed E-state index contributed by atoms with van der Waals surface area (Å²) in [4.78, 5) is 12.4. The van der Waals surface area contributed by atoms with Gasteiger partial charge < -0.3 is 19.3 Å². The van der Waals surface area contributed by atoms with Gasteiger partial charge in [0.25, 0.3) is 0 Å². The monoisotopic (exact) mass is 400 g/mol. The van der Waals surface area contributed by atoms with E-state index in [-0.39, 0.29) is 24.7 Å². The molecule has 0 unspecified atom stereocenters. The Morgan fingerprint density at radius 2 is 1.88 bits per heavy atom. The number of fused-ring (bicyclic) bond motifs is 2. The van der Waals surface area contributed by atoms with Gasteiger partial charge in [0.05, 0.1) is 0 Å². The predicted octanol–water partition coefficient (Wildman–Crippen LogP) is 4.39. The Morgan fingerprint density at radius 1 is 1.12 bits per heavy atom. The van der Waals surface area contributed by atoms with Crippen LogP contribution in [-0.2, 0) is 11.3 Å². The van der Waals surface area contributed by atoms with Gasteiger partial charge in [0.2, 0.25) is 6.79 Å². The van der Waals surface area contributed by atoms with Crippen LogP contribution in [-0.4, -0.2) is 17.9 Å². The molecule has 1 aliphatic heterocycles. The van der Waals surface area contributed by atoms with Gasteiger partial charge in [-0.25, -0.2) is 4.79 Å². The minimum Gasteiger partial charge on any atom is -0.506 e. The van der Waals surface area contributed by atoms with E-state index in [4.69, 9.17) is 14.2 Å². The van der Waals surface area contributed by atoms with Crippen molar-refractivity contribution in [2.75, 3.05) is 6.79 Å². The highest BCUT2D eigenvalue weighted by atomic mass is 79.9. The molecule has 1 N–H and O–H groups in total. The van der Waals surface area contributed by atoms with E-state index in [1.54, 1.807) is 36.4 Å². The third kappa shape index (κ3) is 2.89.